The molecule has 0 fully saturated rings. The molecule has 0 saturated carbocycles. The Labute approximate surface area is 153 Å². The van der Waals surface area contributed by atoms with Crippen LogP contribution >= 0.6 is 31.9 Å². The van der Waals surface area contributed by atoms with Gasteiger partial charge in [-0.1, -0.05) is 22.0 Å². The van der Waals surface area contributed by atoms with Gasteiger partial charge in [0, 0.05) is 35.4 Å². The molecule has 0 aliphatic heterocycles. The number of halogens is 2. The molecule has 23 heavy (non-hydrogen) atoms. The molecule has 0 amide bonds. The SMILES string of the molecule is CC(C)Oc1c(Br)cc(Br)cc1CNCCOc1ccccn1. The molecule has 1 heterocycles. The lowest BCUT2D eigenvalue weighted by atomic mass is 10.2. The second-order valence-electron chi connectivity index (χ2n) is 5.24. The standard InChI is InChI=1S/C17H20Br2N2O2/c1-12(2)23-17-13(9-14(18)10-15(17)19)11-20-7-8-22-16-5-3-4-6-21-16/h3-6,9-10,12,20H,7-8,11H2,1-2H3. The number of nitrogens with one attached hydrogen (secondary N) is 1. The van der Waals surface area contributed by atoms with Crippen LogP contribution in [0.25, 0.3) is 0 Å². The van der Waals surface area contributed by atoms with E-state index in [2.05, 4.69) is 48.2 Å². The number of hydrogen-bond acceptors (Lipinski definition) is 4. The Kier molecular flexibility index (Phi) is 7.33. The van der Waals surface area contributed by atoms with E-state index in [1.54, 1.807) is 6.20 Å². The molecule has 0 aliphatic carbocycles. The number of hydrogen-bond donors (Lipinski definition) is 1. The van der Waals surface area contributed by atoms with Gasteiger partial charge in [-0.25, -0.2) is 4.98 Å². The van der Waals surface area contributed by atoms with Crippen molar-refractivity contribution in [2.24, 2.45) is 0 Å². The second kappa shape index (κ2) is 9.25. The van der Waals surface area contributed by atoms with Crippen molar-refractivity contribution in [2.45, 2.75) is 26.5 Å². The molecule has 0 saturated heterocycles. The summed E-state index contributed by atoms with van der Waals surface area (Å²) >= 11 is 7.08. The van der Waals surface area contributed by atoms with Crippen LogP contribution in [-0.2, 0) is 6.54 Å². The Morgan fingerprint density at radius 2 is 2.04 bits per heavy atom. The van der Waals surface area contributed by atoms with Gasteiger partial charge in [0.1, 0.15) is 12.4 Å². The minimum atomic E-state index is 0.124. The predicted molar refractivity (Wildman–Crippen MR) is 99.0 cm³/mol. The van der Waals surface area contributed by atoms with Gasteiger partial charge < -0.3 is 14.8 Å². The monoisotopic (exact) mass is 442 g/mol. The lowest BCUT2D eigenvalue weighted by molar-refractivity contribution is 0.237. The Bertz CT molecular complexity index is 621. The third-order valence-electron chi connectivity index (χ3n) is 2.92. The molecule has 1 aromatic carbocycles. The first-order chi connectivity index (χ1) is 11.1. The third kappa shape index (κ3) is 6.12. The average Bonchev–Trinajstić information content (AvgIpc) is 2.51. The highest BCUT2D eigenvalue weighted by molar-refractivity contribution is 9.11. The summed E-state index contributed by atoms with van der Waals surface area (Å²) in [6, 6.07) is 9.68. The van der Waals surface area contributed by atoms with E-state index in [0.717, 1.165) is 26.8 Å². The van der Waals surface area contributed by atoms with E-state index < -0.39 is 0 Å². The molecule has 1 aromatic heterocycles. The fourth-order valence-corrected chi connectivity index (χ4v) is 3.40. The third-order valence-corrected chi connectivity index (χ3v) is 3.97. The Morgan fingerprint density at radius 1 is 1.22 bits per heavy atom. The summed E-state index contributed by atoms with van der Waals surface area (Å²) in [5, 5.41) is 3.37. The summed E-state index contributed by atoms with van der Waals surface area (Å²) in [7, 11) is 0. The molecule has 0 atom stereocenters. The van der Waals surface area contributed by atoms with Crippen LogP contribution in [0.15, 0.2) is 45.5 Å². The molecule has 0 radical (unpaired) electrons. The highest BCUT2D eigenvalue weighted by Gasteiger charge is 2.11. The van der Waals surface area contributed by atoms with Crippen LogP contribution < -0.4 is 14.8 Å². The smallest absolute Gasteiger partial charge is 0.213 e. The van der Waals surface area contributed by atoms with Gasteiger partial charge in [0.25, 0.3) is 0 Å². The Morgan fingerprint density at radius 3 is 2.74 bits per heavy atom. The van der Waals surface area contributed by atoms with E-state index in [1.165, 1.54) is 0 Å². The zero-order valence-corrected chi connectivity index (χ0v) is 16.4. The molecule has 2 rings (SSSR count). The first-order valence-corrected chi connectivity index (χ1v) is 9.04. The van der Waals surface area contributed by atoms with Crippen molar-refractivity contribution in [3.05, 3.63) is 51.0 Å². The van der Waals surface area contributed by atoms with Gasteiger partial charge in [0.05, 0.1) is 10.6 Å². The molecular weight excluding hydrogens is 424 g/mol. The number of nitrogens with zero attached hydrogens (tertiary/aromatic N) is 1. The number of aromatic nitrogens is 1. The van der Waals surface area contributed by atoms with Crippen molar-refractivity contribution < 1.29 is 9.47 Å². The highest BCUT2D eigenvalue weighted by Crippen LogP contribution is 2.33. The van der Waals surface area contributed by atoms with Gasteiger partial charge in [-0.05, 0) is 48.0 Å². The maximum Gasteiger partial charge on any atom is 0.213 e. The van der Waals surface area contributed by atoms with Crippen LogP contribution in [0.4, 0.5) is 0 Å². The normalized spacial score (nSPS) is 10.8. The van der Waals surface area contributed by atoms with Crippen molar-refractivity contribution >= 4 is 31.9 Å². The van der Waals surface area contributed by atoms with Crippen LogP contribution in [0.5, 0.6) is 11.6 Å². The summed E-state index contributed by atoms with van der Waals surface area (Å²) in [6.07, 6.45) is 1.84. The van der Waals surface area contributed by atoms with Gasteiger partial charge in [-0.3, -0.25) is 0 Å². The Balaban J connectivity index is 1.87. The van der Waals surface area contributed by atoms with E-state index in [-0.39, 0.29) is 6.10 Å². The van der Waals surface area contributed by atoms with E-state index in [9.17, 15) is 0 Å². The van der Waals surface area contributed by atoms with E-state index in [1.807, 2.05) is 38.1 Å². The van der Waals surface area contributed by atoms with Crippen LogP contribution in [0.1, 0.15) is 19.4 Å². The molecule has 6 heteroatoms. The molecule has 0 bridgehead atoms. The molecule has 0 aliphatic rings. The highest BCUT2D eigenvalue weighted by atomic mass is 79.9. The first-order valence-electron chi connectivity index (χ1n) is 7.45. The fourth-order valence-electron chi connectivity index (χ4n) is 2.00. The van der Waals surface area contributed by atoms with E-state index in [4.69, 9.17) is 9.47 Å². The van der Waals surface area contributed by atoms with Crippen molar-refractivity contribution in [1.82, 2.24) is 10.3 Å². The maximum atomic E-state index is 5.91. The van der Waals surface area contributed by atoms with Gasteiger partial charge in [0.15, 0.2) is 0 Å². The molecular formula is C17H20Br2N2O2. The fraction of sp³-hybridized carbons (Fsp3) is 0.353. The van der Waals surface area contributed by atoms with Crippen LogP contribution in [-0.4, -0.2) is 24.2 Å². The number of benzene rings is 1. The molecule has 0 unspecified atom stereocenters. The van der Waals surface area contributed by atoms with Crippen LogP contribution in [0, 0.1) is 0 Å². The molecule has 2 aromatic rings. The summed E-state index contributed by atoms with van der Waals surface area (Å²) < 4.78 is 13.4. The predicted octanol–water partition coefficient (Wildman–Crippen LogP) is 4.56. The molecule has 0 spiro atoms. The van der Waals surface area contributed by atoms with Gasteiger partial charge >= 0.3 is 0 Å². The van der Waals surface area contributed by atoms with Gasteiger partial charge in [-0.2, -0.15) is 0 Å². The summed E-state index contributed by atoms with van der Waals surface area (Å²) in [4.78, 5) is 4.12. The van der Waals surface area contributed by atoms with Crippen molar-refractivity contribution in [3.8, 4) is 11.6 Å². The largest absolute Gasteiger partial charge is 0.489 e. The first kappa shape index (κ1) is 18.2. The van der Waals surface area contributed by atoms with E-state index in [0.29, 0.717) is 19.0 Å². The van der Waals surface area contributed by atoms with Gasteiger partial charge in [-0.15, -0.1) is 0 Å². The van der Waals surface area contributed by atoms with Crippen LogP contribution in [0.2, 0.25) is 0 Å². The van der Waals surface area contributed by atoms with Crippen molar-refractivity contribution in [2.75, 3.05) is 13.2 Å². The molecule has 124 valence electrons. The number of ether oxygens (including phenoxy) is 2. The zero-order valence-electron chi connectivity index (χ0n) is 13.2. The lowest BCUT2D eigenvalue weighted by Gasteiger charge is -2.17. The summed E-state index contributed by atoms with van der Waals surface area (Å²) in [6.45, 7) is 6.03. The quantitative estimate of drug-likeness (QED) is 0.607. The summed E-state index contributed by atoms with van der Waals surface area (Å²) in [5.74, 6) is 1.52. The Hall–Kier alpha value is -1.11. The van der Waals surface area contributed by atoms with Gasteiger partial charge in [0.2, 0.25) is 5.88 Å². The zero-order chi connectivity index (χ0) is 16.7. The summed E-state index contributed by atoms with van der Waals surface area (Å²) in [5.41, 5.74) is 1.10. The minimum absolute atomic E-state index is 0.124. The number of rotatable bonds is 8. The lowest BCUT2D eigenvalue weighted by Crippen LogP contribution is -2.21. The topological polar surface area (TPSA) is 43.4 Å². The average molecular weight is 444 g/mol. The molecule has 4 nitrogen and oxygen atoms in total. The van der Waals surface area contributed by atoms with Crippen molar-refractivity contribution in [1.29, 1.82) is 0 Å². The molecule has 1 N–H and O–H groups in total. The van der Waals surface area contributed by atoms with Crippen molar-refractivity contribution in [3.63, 3.8) is 0 Å². The number of pyridine rings is 1. The maximum absolute atomic E-state index is 5.91. The minimum Gasteiger partial charge on any atom is -0.489 e. The second-order valence-corrected chi connectivity index (χ2v) is 7.01. The van der Waals surface area contributed by atoms with E-state index >= 15 is 0 Å². The van der Waals surface area contributed by atoms with Crippen LogP contribution in [0.3, 0.4) is 0 Å².